The van der Waals surface area contributed by atoms with E-state index in [1.807, 2.05) is 30.3 Å². The van der Waals surface area contributed by atoms with Crippen LogP contribution in [0.4, 0.5) is 13.2 Å². The van der Waals surface area contributed by atoms with E-state index in [9.17, 15) is 18.3 Å². The van der Waals surface area contributed by atoms with Crippen LogP contribution < -0.4 is 5.32 Å². The molecule has 0 saturated heterocycles. The smallest absolute Gasteiger partial charge is 0.375 e. The monoisotopic (exact) mass is 295 g/mol. The molecule has 2 N–H and O–H groups in total. The summed E-state index contributed by atoms with van der Waals surface area (Å²) in [7, 11) is 0. The molecule has 0 aliphatic carbocycles. The van der Waals surface area contributed by atoms with Gasteiger partial charge in [0.05, 0.1) is 0 Å². The Kier molecular flexibility index (Phi) is 4.65. The first-order valence-electron chi connectivity index (χ1n) is 6.53. The minimum absolute atomic E-state index is 0.168. The molecule has 0 fully saturated rings. The van der Waals surface area contributed by atoms with Crippen molar-refractivity contribution in [3.05, 3.63) is 71.8 Å². The second-order valence-corrected chi connectivity index (χ2v) is 4.81. The van der Waals surface area contributed by atoms with Gasteiger partial charge in [-0.05, 0) is 11.1 Å². The lowest BCUT2D eigenvalue weighted by molar-refractivity contribution is -0.264. The van der Waals surface area contributed by atoms with Crippen molar-refractivity contribution in [1.82, 2.24) is 5.32 Å². The van der Waals surface area contributed by atoms with E-state index in [-0.39, 0.29) is 12.1 Å². The number of hydrogen-bond acceptors (Lipinski definition) is 2. The maximum Gasteiger partial charge on any atom is 0.422 e. The Morgan fingerprint density at radius 1 is 0.857 bits per heavy atom. The molecule has 2 aromatic carbocycles. The number of rotatable bonds is 5. The van der Waals surface area contributed by atoms with Gasteiger partial charge >= 0.3 is 6.18 Å². The average molecular weight is 295 g/mol. The highest BCUT2D eigenvalue weighted by Crippen LogP contribution is 2.38. The van der Waals surface area contributed by atoms with E-state index in [2.05, 4.69) is 5.32 Å². The first kappa shape index (κ1) is 15.5. The third-order valence-corrected chi connectivity index (χ3v) is 3.27. The van der Waals surface area contributed by atoms with Gasteiger partial charge in [-0.15, -0.1) is 0 Å². The van der Waals surface area contributed by atoms with Crippen molar-refractivity contribution < 1.29 is 18.3 Å². The molecule has 0 radical (unpaired) electrons. The summed E-state index contributed by atoms with van der Waals surface area (Å²) >= 11 is 0. The Balaban J connectivity index is 2.11. The lowest BCUT2D eigenvalue weighted by Gasteiger charge is -2.31. The molecule has 2 aromatic rings. The zero-order valence-corrected chi connectivity index (χ0v) is 11.3. The third kappa shape index (κ3) is 3.62. The summed E-state index contributed by atoms with van der Waals surface area (Å²) in [6, 6.07) is 16.2. The van der Waals surface area contributed by atoms with Crippen LogP contribution in [-0.2, 0) is 12.1 Å². The Morgan fingerprint density at radius 2 is 1.38 bits per heavy atom. The van der Waals surface area contributed by atoms with Gasteiger partial charge in [0, 0.05) is 13.1 Å². The van der Waals surface area contributed by atoms with E-state index in [1.54, 1.807) is 6.07 Å². The molecule has 0 unspecified atom stereocenters. The van der Waals surface area contributed by atoms with Crippen LogP contribution in [0.3, 0.4) is 0 Å². The molecule has 0 amide bonds. The first-order chi connectivity index (χ1) is 9.93. The normalized spacial score (nSPS) is 14.7. The third-order valence-electron chi connectivity index (χ3n) is 3.27. The maximum atomic E-state index is 13.2. The van der Waals surface area contributed by atoms with Crippen molar-refractivity contribution in [2.45, 2.75) is 18.3 Å². The maximum absolute atomic E-state index is 13.2. The number of hydrogen-bond donors (Lipinski definition) is 2. The van der Waals surface area contributed by atoms with Crippen LogP contribution in [0.1, 0.15) is 11.1 Å². The van der Waals surface area contributed by atoms with E-state index in [0.717, 1.165) is 5.56 Å². The lowest BCUT2D eigenvalue weighted by Crippen LogP contribution is -2.49. The fourth-order valence-electron chi connectivity index (χ4n) is 2.06. The van der Waals surface area contributed by atoms with E-state index in [4.69, 9.17) is 0 Å². The minimum Gasteiger partial charge on any atom is -0.375 e. The molecule has 0 bridgehead atoms. The van der Waals surface area contributed by atoms with E-state index < -0.39 is 18.3 Å². The van der Waals surface area contributed by atoms with Crippen LogP contribution in [0.25, 0.3) is 0 Å². The van der Waals surface area contributed by atoms with Gasteiger partial charge in [0.2, 0.25) is 0 Å². The van der Waals surface area contributed by atoms with Crippen LogP contribution >= 0.6 is 0 Å². The number of alkyl halides is 3. The summed E-state index contributed by atoms with van der Waals surface area (Å²) in [5.41, 5.74) is -2.21. The molecule has 0 aliphatic heterocycles. The number of halogens is 3. The summed E-state index contributed by atoms with van der Waals surface area (Å²) in [6.45, 7) is -0.346. The van der Waals surface area contributed by atoms with Gasteiger partial charge in [0.25, 0.3) is 0 Å². The molecule has 2 nitrogen and oxygen atoms in total. The molecule has 0 aliphatic rings. The van der Waals surface area contributed by atoms with Crippen LogP contribution in [0.15, 0.2) is 60.7 Å². The highest BCUT2D eigenvalue weighted by molar-refractivity contribution is 5.25. The van der Waals surface area contributed by atoms with Gasteiger partial charge in [-0.3, -0.25) is 0 Å². The standard InChI is InChI=1S/C16H16F3NO/c17-16(18,19)15(21,14-9-5-2-6-10-14)12-20-11-13-7-3-1-4-8-13/h1-10,20-21H,11-12H2/t15-/m0/s1. The molecule has 0 aromatic heterocycles. The van der Waals surface area contributed by atoms with Crippen molar-refractivity contribution in [3.8, 4) is 0 Å². The summed E-state index contributed by atoms with van der Waals surface area (Å²) in [5, 5.41) is 12.8. The number of benzene rings is 2. The van der Waals surface area contributed by atoms with E-state index >= 15 is 0 Å². The number of aliphatic hydroxyl groups is 1. The molecule has 0 saturated carbocycles. The lowest BCUT2D eigenvalue weighted by atomic mass is 9.93. The van der Waals surface area contributed by atoms with Gasteiger partial charge < -0.3 is 10.4 Å². The molecular weight excluding hydrogens is 279 g/mol. The van der Waals surface area contributed by atoms with Crippen LogP contribution in [0.5, 0.6) is 0 Å². The average Bonchev–Trinajstić information content (AvgIpc) is 2.48. The van der Waals surface area contributed by atoms with Crippen LogP contribution in [0, 0.1) is 0 Å². The Morgan fingerprint density at radius 3 is 1.90 bits per heavy atom. The molecule has 2 rings (SSSR count). The second kappa shape index (κ2) is 6.28. The topological polar surface area (TPSA) is 32.3 Å². The second-order valence-electron chi connectivity index (χ2n) is 4.81. The summed E-state index contributed by atoms with van der Waals surface area (Å²) < 4.78 is 39.7. The van der Waals surface area contributed by atoms with Gasteiger partial charge in [-0.2, -0.15) is 13.2 Å². The van der Waals surface area contributed by atoms with Gasteiger partial charge in [0.15, 0.2) is 5.60 Å². The van der Waals surface area contributed by atoms with Gasteiger partial charge in [0.1, 0.15) is 0 Å². The predicted molar refractivity (Wildman–Crippen MR) is 74.5 cm³/mol. The van der Waals surface area contributed by atoms with Gasteiger partial charge in [-0.25, -0.2) is 0 Å². The molecule has 1 atom stereocenters. The zero-order valence-electron chi connectivity index (χ0n) is 11.3. The zero-order chi connectivity index (χ0) is 15.3. The van der Waals surface area contributed by atoms with E-state index in [0.29, 0.717) is 0 Å². The predicted octanol–water partition coefficient (Wildman–Crippen LogP) is 3.23. The SMILES string of the molecule is O[C@@](CNCc1ccccc1)(c1ccccc1)C(F)(F)F. The van der Waals surface area contributed by atoms with Crippen molar-refractivity contribution in [2.24, 2.45) is 0 Å². The van der Waals surface area contributed by atoms with Crippen molar-refractivity contribution in [2.75, 3.05) is 6.54 Å². The molecule has 0 spiro atoms. The van der Waals surface area contributed by atoms with Crippen molar-refractivity contribution in [1.29, 1.82) is 0 Å². The summed E-state index contributed by atoms with van der Waals surface area (Å²) in [6.07, 6.45) is -4.75. The van der Waals surface area contributed by atoms with Crippen LogP contribution in [-0.4, -0.2) is 17.8 Å². The Labute approximate surface area is 121 Å². The number of nitrogens with one attached hydrogen (secondary N) is 1. The molecule has 21 heavy (non-hydrogen) atoms. The largest absolute Gasteiger partial charge is 0.422 e. The van der Waals surface area contributed by atoms with Crippen LogP contribution in [0.2, 0.25) is 0 Å². The molecule has 112 valence electrons. The highest BCUT2D eigenvalue weighted by Gasteiger charge is 2.54. The van der Waals surface area contributed by atoms with Crippen molar-refractivity contribution >= 4 is 0 Å². The fourth-order valence-corrected chi connectivity index (χ4v) is 2.06. The molecular formula is C16H16F3NO. The summed E-state index contributed by atoms with van der Waals surface area (Å²) in [5.74, 6) is 0. The first-order valence-corrected chi connectivity index (χ1v) is 6.53. The Hall–Kier alpha value is -1.85. The molecule has 5 heteroatoms. The van der Waals surface area contributed by atoms with Gasteiger partial charge in [-0.1, -0.05) is 60.7 Å². The summed E-state index contributed by atoms with van der Waals surface area (Å²) in [4.78, 5) is 0. The van der Waals surface area contributed by atoms with E-state index in [1.165, 1.54) is 24.3 Å². The van der Waals surface area contributed by atoms with Crippen molar-refractivity contribution in [3.63, 3.8) is 0 Å². The quantitative estimate of drug-likeness (QED) is 0.887. The Bertz CT molecular complexity index is 557. The highest BCUT2D eigenvalue weighted by atomic mass is 19.4. The molecule has 0 heterocycles. The minimum atomic E-state index is -4.75. The fraction of sp³-hybridized carbons (Fsp3) is 0.250.